The molecule has 390 valence electrons. The van der Waals surface area contributed by atoms with Gasteiger partial charge in [0.05, 0.1) is 0 Å². The number of rotatable bonds is 51. The fourth-order valence-electron chi connectivity index (χ4n) is 7.85. The molecule has 1 unspecified atom stereocenters. The van der Waals surface area contributed by atoms with Gasteiger partial charge in [0.25, 0.3) is 0 Å². The molecular formula is C62H106O6. The second-order valence-electron chi connectivity index (χ2n) is 18.8. The first-order chi connectivity index (χ1) is 33.5. The highest BCUT2D eigenvalue weighted by molar-refractivity contribution is 5.71. The van der Waals surface area contributed by atoms with Crippen molar-refractivity contribution in [2.75, 3.05) is 13.2 Å². The van der Waals surface area contributed by atoms with Crippen LogP contribution in [0.25, 0.3) is 0 Å². The Morgan fingerprint density at radius 3 is 0.926 bits per heavy atom. The van der Waals surface area contributed by atoms with Gasteiger partial charge in [0, 0.05) is 19.3 Å². The van der Waals surface area contributed by atoms with Gasteiger partial charge in [-0.2, -0.15) is 0 Å². The molecule has 1 atom stereocenters. The van der Waals surface area contributed by atoms with Crippen molar-refractivity contribution < 1.29 is 28.6 Å². The van der Waals surface area contributed by atoms with Crippen molar-refractivity contribution in [3.05, 3.63) is 85.1 Å². The number of allylic oxidation sites excluding steroid dienone is 14. The average Bonchev–Trinajstić information content (AvgIpc) is 3.34. The van der Waals surface area contributed by atoms with Crippen molar-refractivity contribution in [2.45, 2.75) is 277 Å². The van der Waals surface area contributed by atoms with E-state index >= 15 is 0 Å². The molecule has 0 N–H and O–H groups in total. The lowest BCUT2D eigenvalue weighted by Crippen LogP contribution is -2.30. The van der Waals surface area contributed by atoms with E-state index in [0.29, 0.717) is 19.3 Å². The molecule has 0 aliphatic heterocycles. The van der Waals surface area contributed by atoms with E-state index in [2.05, 4.69) is 106 Å². The summed E-state index contributed by atoms with van der Waals surface area (Å²) >= 11 is 0. The molecule has 0 saturated carbocycles. The van der Waals surface area contributed by atoms with Gasteiger partial charge in [-0.3, -0.25) is 14.4 Å². The second kappa shape index (κ2) is 56.2. The van der Waals surface area contributed by atoms with Gasteiger partial charge >= 0.3 is 17.9 Å². The Bertz CT molecular complexity index is 1320. The van der Waals surface area contributed by atoms with Crippen LogP contribution in [0.3, 0.4) is 0 Å². The van der Waals surface area contributed by atoms with E-state index in [9.17, 15) is 14.4 Å². The minimum atomic E-state index is -0.785. The first kappa shape index (κ1) is 64.6. The standard InChI is InChI=1S/C62H106O6/c1-4-7-10-13-16-19-22-25-26-27-28-29-30-31-32-33-34-35-36-38-40-43-46-49-52-55-61(64)67-58-59(57-66-60(63)54-51-48-45-42-39-24-21-18-15-12-9-6-3)68-62(65)56-53-50-47-44-41-37-23-20-17-14-11-8-5-2/h7,10,16,19-20,23,25-26,28-29,31-32,34-35,59H,4-6,8-9,11-15,17-18,21-22,24,27,30,33,36-58H2,1-3H3/b10-7-,19-16-,23-20-,26-25-,29-28-,32-31-,35-34-. The van der Waals surface area contributed by atoms with Crippen molar-refractivity contribution in [3.63, 3.8) is 0 Å². The maximum absolute atomic E-state index is 12.8. The molecule has 0 aliphatic carbocycles. The molecule has 0 radical (unpaired) electrons. The quantitative estimate of drug-likeness (QED) is 0.0262. The Hall–Kier alpha value is -3.41. The molecule has 6 nitrogen and oxygen atoms in total. The van der Waals surface area contributed by atoms with Crippen molar-refractivity contribution >= 4 is 17.9 Å². The average molecular weight is 948 g/mol. The number of carbonyl (C=O) groups excluding carboxylic acids is 3. The Kier molecular flexibility index (Phi) is 53.4. The SMILES string of the molecule is CC/C=C\C/C=C\C/C=C\C/C=C\C/C=C\C/C=C\CCCCCCCCC(=O)OCC(COC(=O)CCCCCCCCCCCCCC)OC(=O)CCCCCCC/C=C\CCCCCC. The first-order valence-electron chi connectivity index (χ1n) is 28.6. The third-order valence-corrected chi connectivity index (χ3v) is 12.1. The summed E-state index contributed by atoms with van der Waals surface area (Å²) in [5.41, 5.74) is 0. The Balaban J connectivity index is 4.33. The summed E-state index contributed by atoms with van der Waals surface area (Å²) < 4.78 is 16.8. The summed E-state index contributed by atoms with van der Waals surface area (Å²) in [5, 5.41) is 0. The number of unbranched alkanes of at least 4 members (excludes halogenated alkanes) is 26. The largest absolute Gasteiger partial charge is 0.462 e. The van der Waals surface area contributed by atoms with Gasteiger partial charge in [0.15, 0.2) is 6.10 Å². The lowest BCUT2D eigenvalue weighted by atomic mass is 10.0. The van der Waals surface area contributed by atoms with Crippen molar-refractivity contribution in [2.24, 2.45) is 0 Å². The number of ether oxygens (including phenoxy) is 3. The number of esters is 3. The van der Waals surface area contributed by atoms with Crippen LogP contribution in [0.5, 0.6) is 0 Å². The van der Waals surface area contributed by atoms with E-state index < -0.39 is 6.10 Å². The summed E-state index contributed by atoms with van der Waals surface area (Å²) in [7, 11) is 0. The minimum absolute atomic E-state index is 0.0825. The van der Waals surface area contributed by atoms with Crippen LogP contribution in [-0.4, -0.2) is 37.2 Å². The van der Waals surface area contributed by atoms with Gasteiger partial charge in [-0.15, -0.1) is 0 Å². The molecule has 0 saturated heterocycles. The summed E-state index contributed by atoms with van der Waals surface area (Å²) in [6.07, 6.45) is 72.8. The smallest absolute Gasteiger partial charge is 0.306 e. The maximum atomic E-state index is 12.8. The molecule has 0 fully saturated rings. The monoisotopic (exact) mass is 947 g/mol. The molecule has 0 bridgehead atoms. The predicted octanol–water partition coefficient (Wildman–Crippen LogP) is 19.2. The molecule has 6 heteroatoms. The highest BCUT2D eigenvalue weighted by Crippen LogP contribution is 2.15. The van der Waals surface area contributed by atoms with E-state index in [1.54, 1.807) is 0 Å². The van der Waals surface area contributed by atoms with Crippen LogP contribution >= 0.6 is 0 Å². The third kappa shape index (κ3) is 53.5. The van der Waals surface area contributed by atoms with Gasteiger partial charge in [-0.05, 0) is 96.3 Å². The number of hydrogen-bond acceptors (Lipinski definition) is 6. The zero-order valence-electron chi connectivity index (χ0n) is 44.6. The van der Waals surface area contributed by atoms with Gasteiger partial charge in [-0.25, -0.2) is 0 Å². The molecule has 0 heterocycles. The normalized spacial score (nSPS) is 12.7. The van der Waals surface area contributed by atoms with E-state index in [0.717, 1.165) is 122 Å². The van der Waals surface area contributed by atoms with Gasteiger partial charge in [-0.1, -0.05) is 241 Å². The van der Waals surface area contributed by atoms with Crippen LogP contribution in [0, 0.1) is 0 Å². The van der Waals surface area contributed by atoms with Crippen LogP contribution in [0.2, 0.25) is 0 Å². The van der Waals surface area contributed by atoms with Crippen LogP contribution in [0.4, 0.5) is 0 Å². The van der Waals surface area contributed by atoms with E-state index in [1.165, 1.54) is 109 Å². The van der Waals surface area contributed by atoms with Crippen molar-refractivity contribution in [3.8, 4) is 0 Å². The molecular weight excluding hydrogens is 841 g/mol. The number of carbonyl (C=O) groups is 3. The second-order valence-corrected chi connectivity index (χ2v) is 18.8. The Morgan fingerprint density at radius 2 is 0.574 bits per heavy atom. The zero-order chi connectivity index (χ0) is 49.3. The lowest BCUT2D eigenvalue weighted by molar-refractivity contribution is -0.167. The van der Waals surface area contributed by atoms with E-state index in [-0.39, 0.29) is 31.1 Å². The summed E-state index contributed by atoms with van der Waals surface area (Å²) in [6, 6.07) is 0. The van der Waals surface area contributed by atoms with Gasteiger partial charge in [0.1, 0.15) is 13.2 Å². The fourth-order valence-corrected chi connectivity index (χ4v) is 7.85. The van der Waals surface area contributed by atoms with Crippen LogP contribution in [0.1, 0.15) is 271 Å². The molecule has 0 amide bonds. The molecule has 0 aromatic rings. The lowest BCUT2D eigenvalue weighted by Gasteiger charge is -2.18. The van der Waals surface area contributed by atoms with Crippen molar-refractivity contribution in [1.82, 2.24) is 0 Å². The summed E-state index contributed by atoms with van der Waals surface area (Å²) in [4.78, 5) is 38.1. The third-order valence-electron chi connectivity index (χ3n) is 12.1. The van der Waals surface area contributed by atoms with Crippen molar-refractivity contribution in [1.29, 1.82) is 0 Å². The topological polar surface area (TPSA) is 78.9 Å². The van der Waals surface area contributed by atoms with E-state index in [1.807, 2.05) is 0 Å². The molecule has 0 rings (SSSR count). The van der Waals surface area contributed by atoms with Crippen LogP contribution in [-0.2, 0) is 28.6 Å². The summed E-state index contributed by atoms with van der Waals surface area (Å²) in [5.74, 6) is -0.902. The molecule has 0 aromatic carbocycles. The predicted molar refractivity (Wildman–Crippen MR) is 293 cm³/mol. The first-order valence-corrected chi connectivity index (χ1v) is 28.6. The van der Waals surface area contributed by atoms with Crippen LogP contribution in [0.15, 0.2) is 85.1 Å². The molecule has 68 heavy (non-hydrogen) atoms. The Morgan fingerprint density at radius 1 is 0.309 bits per heavy atom. The molecule has 0 aromatic heterocycles. The van der Waals surface area contributed by atoms with Crippen LogP contribution < -0.4 is 0 Å². The summed E-state index contributed by atoms with van der Waals surface area (Å²) in [6.45, 7) is 6.50. The van der Waals surface area contributed by atoms with Gasteiger partial charge < -0.3 is 14.2 Å². The minimum Gasteiger partial charge on any atom is -0.462 e. The fraction of sp³-hybridized carbons (Fsp3) is 0.726. The highest BCUT2D eigenvalue weighted by atomic mass is 16.6. The maximum Gasteiger partial charge on any atom is 0.306 e. The number of hydrogen-bond donors (Lipinski definition) is 0. The molecule has 0 aliphatic rings. The van der Waals surface area contributed by atoms with Gasteiger partial charge in [0.2, 0.25) is 0 Å². The Labute approximate surface area is 420 Å². The van der Waals surface area contributed by atoms with E-state index in [4.69, 9.17) is 14.2 Å². The highest BCUT2D eigenvalue weighted by Gasteiger charge is 2.19. The zero-order valence-corrected chi connectivity index (χ0v) is 44.6. The molecule has 0 spiro atoms.